The summed E-state index contributed by atoms with van der Waals surface area (Å²) in [7, 11) is -3.11. The number of hydrogen-bond donors (Lipinski definition) is 1. The Morgan fingerprint density at radius 3 is 2.67 bits per heavy atom. The molecular weight excluding hydrogens is 230 g/mol. The standard InChI is InChI=1S/C10H17NO2S2/c1-3-8-15(12,13)11-9(4-2)10-6-5-7-14-10/h5-7,9,11H,3-4,8H2,1-2H3. The van der Waals surface area contributed by atoms with E-state index in [1.165, 1.54) is 0 Å². The van der Waals surface area contributed by atoms with Crippen molar-refractivity contribution in [3.05, 3.63) is 22.4 Å². The highest BCUT2D eigenvalue weighted by Crippen LogP contribution is 2.22. The number of nitrogens with one attached hydrogen (secondary N) is 1. The molecule has 0 bridgehead atoms. The van der Waals surface area contributed by atoms with E-state index in [9.17, 15) is 8.42 Å². The lowest BCUT2D eigenvalue weighted by Gasteiger charge is -2.15. The topological polar surface area (TPSA) is 46.2 Å². The summed E-state index contributed by atoms with van der Waals surface area (Å²) in [5.41, 5.74) is 0. The first-order chi connectivity index (χ1) is 7.09. The third-order valence-electron chi connectivity index (χ3n) is 2.09. The normalized spacial score (nSPS) is 14.0. The fourth-order valence-electron chi connectivity index (χ4n) is 1.38. The van der Waals surface area contributed by atoms with E-state index in [1.54, 1.807) is 11.3 Å². The summed E-state index contributed by atoms with van der Waals surface area (Å²) in [5.74, 6) is 0.203. The Morgan fingerprint density at radius 2 is 2.20 bits per heavy atom. The molecule has 1 atom stereocenters. The Labute approximate surface area is 95.6 Å². The molecule has 1 unspecified atom stereocenters. The number of rotatable bonds is 6. The molecule has 0 fully saturated rings. The van der Waals surface area contributed by atoms with E-state index >= 15 is 0 Å². The second kappa shape index (κ2) is 5.63. The van der Waals surface area contributed by atoms with Gasteiger partial charge < -0.3 is 0 Å². The van der Waals surface area contributed by atoms with E-state index < -0.39 is 10.0 Å². The van der Waals surface area contributed by atoms with Crippen LogP contribution < -0.4 is 4.72 Å². The third kappa shape index (κ3) is 3.93. The molecule has 86 valence electrons. The highest BCUT2D eigenvalue weighted by molar-refractivity contribution is 7.89. The summed E-state index contributed by atoms with van der Waals surface area (Å²) >= 11 is 1.59. The zero-order valence-corrected chi connectivity index (χ0v) is 10.7. The number of thiophene rings is 1. The van der Waals surface area contributed by atoms with Gasteiger partial charge in [-0.1, -0.05) is 19.9 Å². The van der Waals surface area contributed by atoms with Gasteiger partial charge in [0.15, 0.2) is 0 Å². The predicted octanol–water partition coefficient (Wildman–Crippen LogP) is 2.53. The molecular formula is C10H17NO2S2. The van der Waals surface area contributed by atoms with Gasteiger partial charge in [-0.25, -0.2) is 13.1 Å². The average Bonchev–Trinajstić information content (AvgIpc) is 2.67. The molecule has 0 saturated carbocycles. The Morgan fingerprint density at radius 1 is 1.47 bits per heavy atom. The molecule has 1 aromatic rings. The molecule has 0 aliphatic heterocycles. The zero-order chi connectivity index (χ0) is 11.3. The van der Waals surface area contributed by atoms with Crippen LogP contribution in [0.5, 0.6) is 0 Å². The monoisotopic (exact) mass is 247 g/mol. The van der Waals surface area contributed by atoms with Gasteiger partial charge in [-0.2, -0.15) is 0 Å². The van der Waals surface area contributed by atoms with Gasteiger partial charge in [0.1, 0.15) is 0 Å². The third-order valence-corrected chi connectivity index (χ3v) is 4.66. The van der Waals surface area contributed by atoms with Crippen LogP contribution in [0.15, 0.2) is 17.5 Å². The van der Waals surface area contributed by atoms with Gasteiger partial charge in [-0.05, 0) is 24.3 Å². The maximum atomic E-state index is 11.6. The molecule has 0 spiro atoms. The molecule has 15 heavy (non-hydrogen) atoms. The molecule has 1 rings (SSSR count). The smallest absolute Gasteiger partial charge is 0.212 e. The molecule has 0 saturated heterocycles. The molecule has 5 heteroatoms. The Hall–Kier alpha value is -0.390. The zero-order valence-electron chi connectivity index (χ0n) is 9.06. The van der Waals surface area contributed by atoms with Crippen molar-refractivity contribution in [2.24, 2.45) is 0 Å². The van der Waals surface area contributed by atoms with E-state index in [4.69, 9.17) is 0 Å². The van der Waals surface area contributed by atoms with E-state index in [1.807, 2.05) is 31.4 Å². The highest BCUT2D eigenvalue weighted by Gasteiger charge is 2.17. The molecule has 0 radical (unpaired) electrons. The lowest BCUT2D eigenvalue weighted by Crippen LogP contribution is -2.29. The van der Waals surface area contributed by atoms with Crippen LogP contribution in [0.2, 0.25) is 0 Å². The molecule has 0 aliphatic rings. The van der Waals surface area contributed by atoms with Crippen molar-refractivity contribution in [3.8, 4) is 0 Å². The largest absolute Gasteiger partial charge is 0.212 e. The van der Waals surface area contributed by atoms with Gasteiger partial charge in [-0.3, -0.25) is 0 Å². The maximum Gasteiger partial charge on any atom is 0.212 e. The number of sulfonamides is 1. The predicted molar refractivity (Wildman–Crippen MR) is 64.6 cm³/mol. The van der Waals surface area contributed by atoms with Gasteiger partial charge in [0.05, 0.1) is 11.8 Å². The van der Waals surface area contributed by atoms with Crippen molar-refractivity contribution in [1.82, 2.24) is 4.72 Å². The Balaban J connectivity index is 2.70. The van der Waals surface area contributed by atoms with Gasteiger partial charge >= 0.3 is 0 Å². The summed E-state index contributed by atoms with van der Waals surface area (Å²) in [4.78, 5) is 1.08. The van der Waals surface area contributed by atoms with Crippen LogP contribution in [0.3, 0.4) is 0 Å². The van der Waals surface area contributed by atoms with Gasteiger partial charge in [0, 0.05) is 4.88 Å². The Bertz CT molecular complexity index is 370. The van der Waals surface area contributed by atoms with E-state index in [0.717, 1.165) is 11.3 Å². The van der Waals surface area contributed by atoms with Gasteiger partial charge in [-0.15, -0.1) is 11.3 Å². The summed E-state index contributed by atoms with van der Waals surface area (Å²) in [6.07, 6.45) is 1.43. The van der Waals surface area contributed by atoms with E-state index in [0.29, 0.717) is 6.42 Å². The fourth-order valence-corrected chi connectivity index (χ4v) is 3.69. The first-order valence-corrected chi connectivity index (χ1v) is 7.65. The summed E-state index contributed by atoms with van der Waals surface area (Å²) in [6.45, 7) is 3.85. The molecule has 0 amide bonds. The van der Waals surface area contributed by atoms with Crippen LogP contribution in [0.4, 0.5) is 0 Å². The number of hydrogen-bond acceptors (Lipinski definition) is 3. The molecule has 1 aromatic heterocycles. The van der Waals surface area contributed by atoms with Crippen molar-refractivity contribution in [3.63, 3.8) is 0 Å². The van der Waals surface area contributed by atoms with Crippen molar-refractivity contribution >= 4 is 21.4 Å². The molecule has 3 nitrogen and oxygen atoms in total. The minimum atomic E-state index is -3.11. The van der Waals surface area contributed by atoms with Gasteiger partial charge in [0.25, 0.3) is 0 Å². The average molecular weight is 247 g/mol. The summed E-state index contributed by atoms with van der Waals surface area (Å²) < 4.78 is 25.9. The second-order valence-corrected chi connectivity index (χ2v) is 6.27. The highest BCUT2D eigenvalue weighted by atomic mass is 32.2. The van der Waals surface area contributed by atoms with Crippen molar-refractivity contribution in [1.29, 1.82) is 0 Å². The van der Waals surface area contributed by atoms with Crippen LogP contribution in [-0.2, 0) is 10.0 Å². The first kappa shape index (κ1) is 12.7. The van der Waals surface area contributed by atoms with Gasteiger partial charge in [0.2, 0.25) is 10.0 Å². The second-order valence-electron chi connectivity index (χ2n) is 3.41. The first-order valence-electron chi connectivity index (χ1n) is 5.12. The summed E-state index contributed by atoms with van der Waals surface area (Å²) in [5, 5.41) is 1.96. The fraction of sp³-hybridized carbons (Fsp3) is 0.600. The van der Waals surface area contributed by atoms with E-state index in [2.05, 4.69) is 4.72 Å². The van der Waals surface area contributed by atoms with Crippen molar-refractivity contribution in [2.45, 2.75) is 32.7 Å². The quantitative estimate of drug-likeness (QED) is 0.839. The molecule has 1 N–H and O–H groups in total. The summed E-state index contributed by atoms with van der Waals surface area (Å²) in [6, 6.07) is 3.84. The van der Waals surface area contributed by atoms with Crippen LogP contribution in [0, 0.1) is 0 Å². The van der Waals surface area contributed by atoms with Crippen LogP contribution in [-0.4, -0.2) is 14.2 Å². The van der Waals surface area contributed by atoms with Crippen molar-refractivity contribution < 1.29 is 8.42 Å². The SMILES string of the molecule is CCCS(=O)(=O)NC(CC)c1cccs1. The van der Waals surface area contributed by atoms with Crippen LogP contribution in [0.1, 0.15) is 37.6 Å². The van der Waals surface area contributed by atoms with E-state index in [-0.39, 0.29) is 11.8 Å². The minimum Gasteiger partial charge on any atom is -0.212 e. The molecule has 1 heterocycles. The molecule has 0 aliphatic carbocycles. The Kier molecular flexibility index (Phi) is 4.76. The minimum absolute atomic E-state index is 0.0680. The lowest BCUT2D eigenvalue weighted by molar-refractivity contribution is 0.552. The lowest BCUT2D eigenvalue weighted by atomic mass is 10.2. The van der Waals surface area contributed by atoms with Crippen LogP contribution in [0.25, 0.3) is 0 Å². The van der Waals surface area contributed by atoms with Crippen molar-refractivity contribution in [2.75, 3.05) is 5.75 Å². The molecule has 0 aromatic carbocycles. The maximum absolute atomic E-state index is 11.6. The van der Waals surface area contributed by atoms with Crippen LogP contribution >= 0.6 is 11.3 Å².